The molecule has 0 bridgehead atoms. The van der Waals surface area contributed by atoms with Gasteiger partial charge in [0, 0.05) is 53.8 Å². The fourth-order valence-corrected chi connectivity index (χ4v) is 16.0. The third-order valence-corrected chi connectivity index (χ3v) is 18.0. The molecule has 0 N–H and O–H groups in total. The van der Waals surface area contributed by atoms with E-state index in [9.17, 15) is 0 Å². The first-order chi connectivity index (χ1) is 28.3. The van der Waals surface area contributed by atoms with Gasteiger partial charge in [0.1, 0.15) is 0 Å². The number of fused-ring (bicyclic) bond motifs is 10. The van der Waals surface area contributed by atoms with Gasteiger partial charge in [-0.3, -0.25) is 0 Å². The van der Waals surface area contributed by atoms with Gasteiger partial charge in [-0.05, 0) is 52.0 Å². The molecule has 8 aromatic carbocycles. The first-order valence-electron chi connectivity index (χ1n) is 19.4. The number of para-hydroxylation sites is 1. The molecule has 0 saturated carbocycles. The van der Waals surface area contributed by atoms with E-state index in [4.69, 9.17) is 9.97 Å². The quantitative estimate of drug-likeness (QED) is 0.164. The first-order valence-corrected chi connectivity index (χ1v) is 22.2. The maximum atomic E-state index is 5.59. The topological polar surface area (TPSA) is 30.7 Å². The molecule has 5 heteroatoms. The van der Waals surface area contributed by atoms with Gasteiger partial charge in [-0.15, -0.1) is 11.3 Å². The first kappa shape index (κ1) is 32.3. The number of thiophene rings is 1. The smallest absolute Gasteiger partial charge is 0.185 e. The molecule has 0 radical (unpaired) electrons. The minimum Gasteiger partial charge on any atom is -0.308 e. The Hall–Kier alpha value is -6.92. The fraction of sp³-hybridized carbons (Fsp3) is 0. The second-order valence-electron chi connectivity index (χ2n) is 14.8. The largest absolute Gasteiger partial charge is 0.308 e. The molecule has 57 heavy (non-hydrogen) atoms. The molecule has 3 nitrogen and oxygen atoms in total. The van der Waals surface area contributed by atoms with Gasteiger partial charge in [-0.25, -0.2) is 9.97 Å². The van der Waals surface area contributed by atoms with E-state index in [1.54, 1.807) is 0 Å². The molecule has 4 heterocycles. The van der Waals surface area contributed by atoms with E-state index in [0.717, 1.165) is 34.0 Å². The van der Waals surface area contributed by atoms with E-state index in [1.165, 1.54) is 68.3 Å². The second kappa shape index (κ2) is 12.5. The number of benzene rings is 8. The van der Waals surface area contributed by atoms with Crippen molar-refractivity contribution in [3.8, 4) is 39.6 Å². The van der Waals surface area contributed by atoms with Crippen LogP contribution in [0, 0.1) is 0 Å². The van der Waals surface area contributed by atoms with Gasteiger partial charge in [0.25, 0.3) is 0 Å². The minimum atomic E-state index is -2.84. The summed E-state index contributed by atoms with van der Waals surface area (Å²) in [6.45, 7) is 0. The van der Waals surface area contributed by atoms with Crippen LogP contribution in [0.2, 0.25) is 0 Å². The summed E-state index contributed by atoms with van der Waals surface area (Å²) >= 11 is 1.88. The zero-order chi connectivity index (χ0) is 37.5. The molecule has 0 amide bonds. The molecule has 3 aromatic heterocycles. The second-order valence-corrected chi connectivity index (χ2v) is 19.6. The van der Waals surface area contributed by atoms with Crippen LogP contribution < -0.4 is 20.7 Å². The normalized spacial score (nSPS) is 13.1. The van der Waals surface area contributed by atoms with Crippen molar-refractivity contribution in [3.05, 3.63) is 200 Å². The lowest BCUT2D eigenvalue weighted by Gasteiger charge is -2.32. The van der Waals surface area contributed by atoms with Crippen molar-refractivity contribution in [1.29, 1.82) is 0 Å². The molecular weight excluding hydrogens is 727 g/mol. The van der Waals surface area contributed by atoms with Crippen molar-refractivity contribution in [3.63, 3.8) is 0 Å². The van der Waals surface area contributed by atoms with E-state index in [-0.39, 0.29) is 0 Å². The maximum absolute atomic E-state index is 5.59. The van der Waals surface area contributed by atoms with Crippen molar-refractivity contribution in [2.24, 2.45) is 0 Å². The zero-order valence-corrected chi connectivity index (χ0v) is 32.6. The van der Waals surface area contributed by atoms with Crippen molar-refractivity contribution < 1.29 is 0 Å². The van der Waals surface area contributed by atoms with Crippen molar-refractivity contribution in [1.82, 2.24) is 14.5 Å². The van der Waals surface area contributed by atoms with Gasteiger partial charge >= 0.3 is 0 Å². The minimum absolute atomic E-state index is 0.731. The van der Waals surface area contributed by atoms with Crippen molar-refractivity contribution >= 4 is 82.1 Å². The number of nitrogens with zero attached hydrogens (tertiary/aromatic N) is 3. The van der Waals surface area contributed by atoms with Gasteiger partial charge in [0.15, 0.2) is 13.9 Å². The Labute approximate surface area is 334 Å². The highest BCUT2D eigenvalue weighted by atomic mass is 32.1. The van der Waals surface area contributed by atoms with Crippen LogP contribution in [0.1, 0.15) is 0 Å². The lowest BCUT2D eigenvalue weighted by molar-refractivity contribution is 1.17. The summed E-state index contributed by atoms with van der Waals surface area (Å²) in [7, 11) is -2.84. The SMILES string of the molecule is c1ccc(-c2nc(-c3ccc(-n4c5ccccc5c5ccc6c7ccccc7sc6c54)cc3)nc3c2[Si](c2ccccc2)(c2ccccc2)c2ccccc2-3)cc1. The molecule has 11 aromatic rings. The predicted octanol–water partition coefficient (Wildman–Crippen LogP) is 10.6. The average molecular weight is 760 g/mol. The van der Waals surface area contributed by atoms with E-state index in [2.05, 4.69) is 205 Å². The van der Waals surface area contributed by atoms with Gasteiger partial charge in [-0.1, -0.05) is 164 Å². The predicted molar refractivity (Wildman–Crippen MR) is 243 cm³/mol. The number of hydrogen-bond acceptors (Lipinski definition) is 3. The van der Waals surface area contributed by atoms with Crippen LogP contribution in [0.4, 0.5) is 0 Å². The summed E-state index contributed by atoms with van der Waals surface area (Å²) in [5.74, 6) is 0.731. The van der Waals surface area contributed by atoms with Crippen LogP contribution in [0.5, 0.6) is 0 Å². The molecular formula is C52H33N3SSi. The zero-order valence-electron chi connectivity index (χ0n) is 30.8. The van der Waals surface area contributed by atoms with Crippen LogP contribution in [0.15, 0.2) is 200 Å². The van der Waals surface area contributed by atoms with Gasteiger partial charge in [0.05, 0.1) is 27.1 Å². The van der Waals surface area contributed by atoms with Crippen LogP contribution in [-0.2, 0) is 0 Å². The summed E-state index contributed by atoms with van der Waals surface area (Å²) in [5, 5.41) is 10.4. The van der Waals surface area contributed by atoms with Gasteiger partial charge < -0.3 is 4.57 Å². The summed E-state index contributed by atoms with van der Waals surface area (Å²) in [6, 6.07) is 72.9. The third-order valence-electron chi connectivity index (χ3n) is 11.9. The van der Waals surface area contributed by atoms with Crippen LogP contribution in [0.3, 0.4) is 0 Å². The maximum Gasteiger partial charge on any atom is 0.185 e. The van der Waals surface area contributed by atoms with E-state index >= 15 is 0 Å². The molecule has 0 atom stereocenters. The highest BCUT2D eigenvalue weighted by Crippen LogP contribution is 2.43. The Kier molecular flexibility index (Phi) is 7.12. The molecule has 0 aliphatic carbocycles. The van der Waals surface area contributed by atoms with Crippen LogP contribution in [-0.4, -0.2) is 22.6 Å². The van der Waals surface area contributed by atoms with E-state index in [1.807, 2.05) is 11.3 Å². The lowest BCUT2D eigenvalue weighted by atomic mass is 10.1. The Morgan fingerprint density at radius 3 is 1.79 bits per heavy atom. The Morgan fingerprint density at radius 2 is 1.04 bits per heavy atom. The number of aromatic nitrogens is 3. The van der Waals surface area contributed by atoms with Crippen LogP contribution >= 0.6 is 11.3 Å². The molecule has 1 aliphatic heterocycles. The molecule has 12 rings (SSSR count). The molecule has 1 aliphatic rings. The van der Waals surface area contributed by atoms with Gasteiger partial charge in [-0.2, -0.15) is 0 Å². The fourth-order valence-electron chi connectivity index (χ4n) is 9.50. The Morgan fingerprint density at radius 1 is 0.439 bits per heavy atom. The van der Waals surface area contributed by atoms with Crippen LogP contribution in [0.25, 0.3) is 81.6 Å². The number of rotatable bonds is 5. The highest BCUT2D eigenvalue weighted by Gasteiger charge is 2.51. The molecule has 0 spiro atoms. The molecule has 0 saturated heterocycles. The Balaban J connectivity index is 1.10. The van der Waals surface area contributed by atoms with Crippen molar-refractivity contribution in [2.45, 2.75) is 0 Å². The Bertz CT molecular complexity index is 3300. The summed E-state index contributed by atoms with van der Waals surface area (Å²) in [4.78, 5) is 11.2. The molecule has 0 fully saturated rings. The van der Waals surface area contributed by atoms with Gasteiger partial charge in [0.2, 0.25) is 0 Å². The van der Waals surface area contributed by atoms with E-state index < -0.39 is 8.07 Å². The average Bonchev–Trinajstić information content (AvgIpc) is 3.94. The summed E-state index contributed by atoms with van der Waals surface area (Å²) < 4.78 is 5.07. The highest BCUT2D eigenvalue weighted by molar-refractivity contribution is 7.26. The summed E-state index contributed by atoms with van der Waals surface area (Å²) in [6.07, 6.45) is 0. The number of hydrogen-bond donors (Lipinski definition) is 0. The lowest BCUT2D eigenvalue weighted by Crippen LogP contribution is -2.73. The molecule has 0 unspecified atom stereocenters. The van der Waals surface area contributed by atoms with E-state index in [0.29, 0.717) is 0 Å². The molecule has 266 valence electrons. The summed E-state index contributed by atoms with van der Waals surface area (Å²) in [5.41, 5.74) is 8.89. The third kappa shape index (κ3) is 4.64. The van der Waals surface area contributed by atoms with Crippen molar-refractivity contribution in [2.75, 3.05) is 0 Å². The standard InChI is InChI=1S/C52H33N3SSi/c1-4-16-34(17-5-1)47-51-48(43-24-12-15-27-46(43)57(51,37-18-6-2-7-19-37)38-20-8-3-9-21-38)54-52(53-47)35-28-30-36(31-29-35)55-44-25-13-10-22-39(44)41-32-33-42-40-23-11-14-26-45(40)56-50(42)49(41)55/h1-33H. The monoisotopic (exact) mass is 759 g/mol.